The van der Waals surface area contributed by atoms with E-state index in [1.807, 2.05) is 13.8 Å². The van der Waals surface area contributed by atoms with Gasteiger partial charge in [0.05, 0.1) is 0 Å². The predicted octanol–water partition coefficient (Wildman–Crippen LogP) is 2.33. The van der Waals surface area contributed by atoms with Crippen molar-refractivity contribution in [2.75, 3.05) is 0 Å². The van der Waals surface area contributed by atoms with Crippen molar-refractivity contribution >= 4 is 15.9 Å². The van der Waals surface area contributed by atoms with Gasteiger partial charge in [-0.05, 0) is 23.6 Å². The topological polar surface area (TPSA) is 75.1 Å². The van der Waals surface area contributed by atoms with Gasteiger partial charge in [0.15, 0.2) is 0 Å². The van der Waals surface area contributed by atoms with E-state index < -0.39 is 11.2 Å². The van der Waals surface area contributed by atoms with Crippen molar-refractivity contribution in [1.29, 1.82) is 0 Å². The molecular formula is C14H15BrN2O3. The third-order valence-electron chi connectivity index (χ3n) is 2.85. The first-order valence-electron chi connectivity index (χ1n) is 6.22. The summed E-state index contributed by atoms with van der Waals surface area (Å²) < 4.78 is 2.05. The van der Waals surface area contributed by atoms with E-state index in [9.17, 15) is 14.7 Å². The number of H-pyrrole nitrogens is 1. The molecule has 1 aromatic carbocycles. The van der Waals surface area contributed by atoms with E-state index in [-0.39, 0.29) is 17.4 Å². The summed E-state index contributed by atoms with van der Waals surface area (Å²) in [6, 6.07) is 6.95. The maximum Gasteiger partial charge on any atom is 0.331 e. The number of halogens is 1. The quantitative estimate of drug-likeness (QED) is 0.901. The Labute approximate surface area is 124 Å². The lowest BCUT2D eigenvalue weighted by Gasteiger charge is -2.13. The molecule has 0 unspecified atom stereocenters. The summed E-state index contributed by atoms with van der Waals surface area (Å²) in [6.07, 6.45) is 0. The van der Waals surface area contributed by atoms with Gasteiger partial charge in [0.1, 0.15) is 5.56 Å². The zero-order chi connectivity index (χ0) is 14.9. The molecule has 20 heavy (non-hydrogen) atoms. The number of hydrogen-bond donors (Lipinski definition) is 2. The first kappa shape index (κ1) is 14.6. The van der Waals surface area contributed by atoms with Crippen molar-refractivity contribution in [2.24, 2.45) is 5.92 Å². The highest BCUT2D eigenvalue weighted by Gasteiger charge is 2.16. The lowest BCUT2D eigenvalue weighted by Crippen LogP contribution is -2.32. The average Bonchev–Trinajstić information content (AvgIpc) is 2.36. The number of rotatable bonds is 3. The van der Waals surface area contributed by atoms with Crippen molar-refractivity contribution in [1.82, 2.24) is 9.55 Å². The molecule has 0 aliphatic carbocycles. The largest absolute Gasteiger partial charge is 0.494 e. The molecule has 6 heteroatoms. The lowest BCUT2D eigenvalue weighted by atomic mass is 10.1. The van der Waals surface area contributed by atoms with E-state index in [1.165, 1.54) is 4.57 Å². The molecule has 5 nitrogen and oxygen atoms in total. The monoisotopic (exact) mass is 338 g/mol. The minimum absolute atomic E-state index is 0.109. The minimum Gasteiger partial charge on any atom is -0.494 e. The SMILES string of the molecule is CC(C)Cn1c(O)c(-c2ccc(Br)cc2)c(=O)[nH]c1=O. The summed E-state index contributed by atoms with van der Waals surface area (Å²) in [5.74, 6) is -0.128. The molecule has 0 saturated carbocycles. The molecule has 1 heterocycles. The molecule has 1 aromatic heterocycles. The Hall–Kier alpha value is -1.82. The zero-order valence-corrected chi connectivity index (χ0v) is 12.8. The molecule has 2 aromatic rings. The molecule has 2 N–H and O–H groups in total. The molecule has 0 fully saturated rings. The zero-order valence-electron chi connectivity index (χ0n) is 11.2. The molecule has 2 rings (SSSR count). The van der Waals surface area contributed by atoms with Crippen LogP contribution in [-0.2, 0) is 6.54 Å². The van der Waals surface area contributed by atoms with Crippen molar-refractivity contribution in [3.8, 4) is 17.0 Å². The summed E-state index contributed by atoms with van der Waals surface area (Å²) >= 11 is 3.31. The normalized spacial score (nSPS) is 11.0. The summed E-state index contributed by atoms with van der Waals surface area (Å²) in [5.41, 5.74) is -0.515. The van der Waals surface area contributed by atoms with Crippen LogP contribution < -0.4 is 11.2 Å². The average molecular weight is 339 g/mol. The van der Waals surface area contributed by atoms with E-state index in [0.717, 1.165) is 4.47 Å². The molecule has 0 saturated heterocycles. The molecule has 0 bridgehead atoms. The lowest BCUT2D eigenvalue weighted by molar-refractivity contribution is 0.378. The minimum atomic E-state index is -0.595. The van der Waals surface area contributed by atoms with E-state index in [2.05, 4.69) is 20.9 Å². The molecule has 0 spiro atoms. The van der Waals surface area contributed by atoms with Gasteiger partial charge in [0.2, 0.25) is 5.88 Å². The first-order chi connectivity index (χ1) is 9.40. The van der Waals surface area contributed by atoms with Crippen LogP contribution in [0.15, 0.2) is 38.3 Å². The Morgan fingerprint density at radius 1 is 1.25 bits per heavy atom. The highest BCUT2D eigenvalue weighted by Crippen LogP contribution is 2.25. The summed E-state index contributed by atoms with van der Waals surface area (Å²) in [6.45, 7) is 4.19. The number of hydrogen-bond acceptors (Lipinski definition) is 3. The Morgan fingerprint density at radius 3 is 2.40 bits per heavy atom. The fourth-order valence-electron chi connectivity index (χ4n) is 1.97. The van der Waals surface area contributed by atoms with Gasteiger partial charge in [-0.25, -0.2) is 4.79 Å². The van der Waals surface area contributed by atoms with Gasteiger partial charge in [-0.15, -0.1) is 0 Å². The smallest absolute Gasteiger partial charge is 0.331 e. The third kappa shape index (κ3) is 2.85. The number of aromatic amines is 1. The van der Waals surface area contributed by atoms with Gasteiger partial charge in [-0.3, -0.25) is 14.3 Å². The van der Waals surface area contributed by atoms with Crippen molar-refractivity contribution in [2.45, 2.75) is 20.4 Å². The summed E-state index contributed by atoms with van der Waals surface area (Å²) in [5, 5.41) is 10.3. The standard InChI is InChI=1S/C14H15BrN2O3/c1-8(2)7-17-13(19)11(12(18)16-14(17)20)9-3-5-10(15)6-4-9/h3-6,8,19H,7H2,1-2H3,(H,16,18,20). The Morgan fingerprint density at radius 2 is 1.85 bits per heavy atom. The third-order valence-corrected chi connectivity index (χ3v) is 3.38. The maximum atomic E-state index is 11.9. The number of aromatic nitrogens is 2. The maximum absolute atomic E-state index is 11.9. The van der Waals surface area contributed by atoms with Crippen LogP contribution in [-0.4, -0.2) is 14.7 Å². The number of benzene rings is 1. The molecule has 0 aliphatic heterocycles. The fraction of sp³-hybridized carbons (Fsp3) is 0.286. The van der Waals surface area contributed by atoms with Crippen LogP contribution in [0.25, 0.3) is 11.1 Å². The second-order valence-electron chi connectivity index (χ2n) is 4.97. The van der Waals surface area contributed by atoms with Gasteiger partial charge in [0.25, 0.3) is 5.56 Å². The molecule has 0 atom stereocenters. The van der Waals surface area contributed by atoms with Gasteiger partial charge in [-0.2, -0.15) is 0 Å². The van der Waals surface area contributed by atoms with Crippen molar-refractivity contribution < 1.29 is 5.11 Å². The van der Waals surface area contributed by atoms with Gasteiger partial charge in [0, 0.05) is 11.0 Å². The fourth-order valence-corrected chi connectivity index (χ4v) is 2.24. The number of nitrogens with zero attached hydrogens (tertiary/aromatic N) is 1. The van der Waals surface area contributed by atoms with Crippen LogP contribution in [0.4, 0.5) is 0 Å². The van der Waals surface area contributed by atoms with Gasteiger partial charge in [-0.1, -0.05) is 41.9 Å². The predicted molar refractivity (Wildman–Crippen MR) is 81.0 cm³/mol. The van der Waals surface area contributed by atoms with Crippen LogP contribution in [0.3, 0.4) is 0 Å². The van der Waals surface area contributed by atoms with Crippen molar-refractivity contribution in [3.63, 3.8) is 0 Å². The molecule has 0 radical (unpaired) electrons. The van der Waals surface area contributed by atoms with Crippen LogP contribution in [0, 0.1) is 5.92 Å². The van der Waals surface area contributed by atoms with Crippen LogP contribution >= 0.6 is 15.9 Å². The van der Waals surface area contributed by atoms with E-state index >= 15 is 0 Å². The molecule has 0 aliphatic rings. The second kappa shape index (κ2) is 5.66. The van der Waals surface area contributed by atoms with E-state index in [4.69, 9.17) is 0 Å². The van der Waals surface area contributed by atoms with E-state index in [1.54, 1.807) is 24.3 Å². The van der Waals surface area contributed by atoms with E-state index in [0.29, 0.717) is 12.1 Å². The number of nitrogens with one attached hydrogen (secondary N) is 1. The van der Waals surface area contributed by atoms with Gasteiger partial charge >= 0.3 is 5.69 Å². The van der Waals surface area contributed by atoms with Gasteiger partial charge < -0.3 is 5.11 Å². The summed E-state index contributed by atoms with van der Waals surface area (Å²) in [4.78, 5) is 26.0. The highest BCUT2D eigenvalue weighted by molar-refractivity contribution is 9.10. The van der Waals surface area contributed by atoms with Crippen LogP contribution in [0.2, 0.25) is 0 Å². The molecule has 106 valence electrons. The Balaban J connectivity index is 2.67. The van der Waals surface area contributed by atoms with Crippen LogP contribution in [0.1, 0.15) is 13.8 Å². The molecular weight excluding hydrogens is 324 g/mol. The molecule has 0 amide bonds. The second-order valence-corrected chi connectivity index (χ2v) is 5.88. The highest BCUT2D eigenvalue weighted by atomic mass is 79.9. The number of aromatic hydroxyl groups is 1. The first-order valence-corrected chi connectivity index (χ1v) is 7.01. The Bertz CT molecular complexity index is 730. The van der Waals surface area contributed by atoms with Crippen LogP contribution in [0.5, 0.6) is 5.88 Å². The van der Waals surface area contributed by atoms with Crippen molar-refractivity contribution in [3.05, 3.63) is 49.6 Å². The Kier molecular flexibility index (Phi) is 4.13. The summed E-state index contributed by atoms with van der Waals surface area (Å²) in [7, 11) is 0.